The van der Waals surface area contributed by atoms with E-state index in [0.29, 0.717) is 11.4 Å². The minimum absolute atomic E-state index is 0.0709. The average molecular weight is 320 g/mol. The van der Waals surface area contributed by atoms with Gasteiger partial charge in [-0.05, 0) is 51.3 Å². The number of aryl methyl sites for hydroxylation is 3. The number of nitrogens with zero attached hydrogens (tertiary/aromatic N) is 2. The van der Waals surface area contributed by atoms with E-state index in [-0.39, 0.29) is 11.9 Å². The number of hydrogen-bond donors (Lipinski definition) is 1. The number of anilines is 1. The summed E-state index contributed by atoms with van der Waals surface area (Å²) in [6.07, 6.45) is 0.648. The van der Waals surface area contributed by atoms with Crippen LogP contribution in [0.1, 0.15) is 41.9 Å². The number of nitrogens with one attached hydrogen (secondary N) is 1. The van der Waals surface area contributed by atoms with Crippen LogP contribution in [0.5, 0.6) is 0 Å². The molecule has 118 valence electrons. The molecule has 5 heteroatoms. The second kappa shape index (κ2) is 6.53. The molecule has 22 heavy (non-hydrogen) atoms. The fraction of sp³-hybridized carbons (Fsp3) is 0.412. The zero-order valence-electron chi connectivity index (χ0n) is 13.7. The highest BCUT2D eigenvalue weighted by molar-refractivity contribution is 6.31. The number of hydrogen-bond acceptors (Lipinski definition) is 2. The van der Waals surface area contributed by atoms with Crippen LogP contribution in [0.4, 0.5) is 5.69 Å². The number of carbonyl (C=O) groups is 1. The van der Waals surface area contributed by atoms with Gasteiger partial charge in [-0.15, -0.1) is 0 Å². The maximum Gasteiger partial charge on any atom is 0.249 e. The van der Waals surface area contributed by atoms with E-state index in [1.54, 1.807) is 4.68 Å². The molecule has 0 fully saturated rings. The van der Waals surface area contributed by atoms with E-state index in [1.807, 2.05) is 52.8 Å². The van der Waals surface area contributed by atoms with Crippen LogP contribution in [0.25, 0.3) is 0 Å². The van der Waals surface area contributed by atoms with E-state index in [2.05, 4.69) is 10.4 Å². The van der Waals surface area contributed by atoms with Gasteiger partial charge in [0, 0.05) is 5.69 Å². The Labute approximate surface area is 136 Å². The predicted octanol–water partition coefficient (Wildman–Crippen LogP) is 4.36. The van der Waals surface area contributed by atoms with Gasteiger partial charge >= 0.3 is 0 Å². The Morgan fingerprint density at radius 3 is 2.55 bits per heavy atom. The molecule has 1 N–H and O–H groups in total. The van der Waals surface area contributed by atoms with Crippen LogP contribution in [-0.2, 0) is 4.79 Å². The van der Waals surface area contributed by atoms with Gasteiger partial charge in [-0.1, -0.05) is 30.7 Å². The number of carbonyl (C=O) groups excluding carboxylic acids is 1. The molecule has 0 saturated heterocycles. The zero-order chi connectivity index (χ0) is 16.4. The molecule has 0 aliphatic carbocycles. The van der Waals surface area contributed by atoms with Gasteiger partial charge in [0.1, 0.15) is 6.04 Å². The summed E-state index contributed by atoms with van der Waals surface area (Å²) in [5.41, 5.74) is 4.57. The van der Waals surface area contributed by atoms with Crippen molar-refractivity contribution in [1.82, 2.24) is 9.78 Å². The molecule has 1 unspecified atom stereocenters. The van der Waals surface area contributed by atoms with Crippen LogP contribution in [0.2, 0.25) is 5.02 Å². The van der Waals surface area contributed by atoms with Crippen LogP contribution in [-0.4, -0.2) is 15.7 Å². The number of benzene rings is 1. The molecule has 1 aromatic heterocycles. The predicted molar refractivity (Wildman–Crippen MR) is 90.6 cm³/mol. The van der Waals surface area contributed by atoms with Crippen molar-refractivity contribution >= 4 is 23.2 Å². The Hall–Kier alpha value is -1.81. The third-order valence-corrected chi connectivity index (χ3v) is 4.42. The molecule has 0 spiro atoms. The van der Waals surface area contributed by atoms with E-state index in [1.165, 1.54) is 0 Å². The molecule has 1 atom stereocenters. The Morgan fingerprint density at radius 2 is 2.00 bits per heavy atom. The van der Waals surface area contributed by atoms with E-state index < -0.39 is 0 Å². The van der Waals surface area contributed by atoms with Crippen molar-refractivity contribution in [2.24, 2.45) is 0 Å². The minimum atomic E-state index is -0.369. The Kier molecular flexibility index (Phi) is 4.91. The highest BCUT2D eigenvalue weighted by atomic mass is 35.5. The first-order chi connectivity index (χ1) is 10.3. The maximum atomic E-state index is 12.7. The smallest absolute Gasteiger partial charge is 0.249 e. The molecule has 4 nitrogen and oxygen atoms in total. The highest BCUT2D eigenvalue weighted by Gasteiger charge is 2.23. The summed E-state index contributed by atoms with van der Waals surface area (Å²) >= 11 is 6.20. The fourth-order valence-electron chi connectivity index (χ4n) is 2.50. The average Bonchev–Trinajstić information content (AvgIpc) is 2.72. The maximum absolute atomic E-state index is 12.7. The summed E-state index contributed by atoms with van der Waals surface area (Å²) < 4.78 is 1.72. The molecule has 2 aromatic rings. The lowest BCUT2D eigenvalue weighted by Crippen LogP contribution is -2.27. The van der Waals surface area contributed by atoms with Crippen LogP contribution in [0.3, 0.4) is 0 Å². The molecule has 1 aromatic carbocycles. The van der Waals surface area contributed by atoms with E-state index in [4.69, 9.17) is 11.6 Å². The summed E-state index contributed by atoms with van der Waals surface area (Å²) in [4.78, 5) is 12.7. The zero-order valence-corrected chi connectivity index (χ0v) is 14.5. The van der Waals surface area contributed by atoms with Crippen molar-refractivity contribution in [2.45, 2.75) is 47.1 Å². The van der Waals surface area contributed by atoms with Gasteiger partial charge in [0.15, 0.2) is 0 Å². The number of rotatable bonds is 4. The minimum Gasteiger partial charge on any atom is -0.324 e. The Bertz CT molecular complexity index is 706. The second-order valence-electron chi connectivity index (χ2n) is 5.66. The monoisotopic (exact) mass is 319 g/mol. The van der Waals surface area contributed by atoms with E-state index in [9.17, 15) is 4.79 Å². The van der Waals surface area contributed by atoms with Crippen LogP contribution >= 0.6 is 11.6 Å². The molecule has 1 heterocycles. The summed E-state index contributed by atoms with van der Waals surface area (Å²) in [5.74, 6) is -0.0709. The lowest BCUT2D eigenvalue weighted by atomic mass is 10.1. The normalized spacial score (nSPS) is 12.3. The summed E-state index contributed by atoms with van der Waals surface area (Å²) in [5, 5.41) is 8.04. The standard InChI is InChI=1S/C17H22ClN3O/c1-6-15(21-13(5)16(18)12(4)20-21)17(22)19-14-9-10(2)7-8-11(14)3/h7-9,15H,6H2,1-5H3,(H,19,22). The van der Waals surface area contributed by atoms with Gasteiger partial charge in [-0.2, -0.15) is 5.10 Å². The lowest BCUT2D eigenvalue weighted by molar-refractivity contribution is -0.119. The van der Waals surface area contributed by atoms with Gasteiger partial charge in [-0.3, -0.25) is 9.48 Å². The largest absolute Gasteiger partial charge is 0.324 e. The van der Waals surface area contributed by atoms with E-state index in [0.717, 1.165) is 28.2 Å². The number of amides is 1. The first kappa shape index (κ1) is 16.6. The van der Waals surface area contributed by atoms with Crippen molar-refractivity contribution in [3.05, 3.63) is 45.7 Å². The number of aromatic nitrogens is 2. The fourth-order valence-corrected chi connectivity index (χ4v) is 2.63. The van der Waals surface area contributed by atoms with Crippen molar-refractivity contribution in [2.75, 3.05) is 5.32 Å². The molecule has 1 amide bonds. The molecular weight excluding hydrogens is 298 g/mol. The molecule has 0 bridgehead atoms. The Morgan fingerprint density at radius 1 is 1.32 bits per heavy atom. The van der Waals surface area contributed by atoms with Crippen LogP contribution in [0.15, 0.2) is 18.2 Å². The van der Waals surface area contributed by atoms with Gasteiger partial charge in [0.2, 0.25) is 5.91 Å². The first-order valence-electron chi connectivity index (χ1n) is 7.44. The Balaban J connectivity index is 2.29. The summed E-state index contributed by atoms with van der Waals surface area (Å²) in [6.45, 7) is 9.69. The molecular formula is C17H22ClN3O. The van der Waals surface area contributed by atoms with Gasteiger partial charge in [0.25, 0.3) is 0 Å². The van der Waals surface area contributed by atoms with Crippen molar-refractivity contribution in [3.8, 4) is 0 Å². The van der Waals surface area contributed by atoms with Crippen molar-refractivity contribution in [3.63, 3.8) is 0 Å². The molecule has 0 aliphatic heterocycles. The third kappa shape index (κ3) is 3.17. The lowest BCUT2D eigenvalue weighted by Gasteiger charge is -2.18. The third-order valence-electron chi connectivity index (χ3n) is 3.87. The number of halogens is 1. The summed E-state index contributed by atoms with van der Waals surface area (Å²) in [6, 6.07) is 5.65. The molecule has 0 saturated carbocycles. The van der Waals surface area contributed by atoms with Gasteiger partial charge in [-0.25, -0.2) is 0 Å². The van der Waals surface area contributed by atoms with E-state index >= 15 is 0 Å². The quantitative estimate of drug-likeness (QED) is 0.910. The van der Waals surface area contributed by atoms with Gasteiger partial charge in [0.05, 0.1) is 16.4 Å². The van der Waals surface area contributed by atoms with Crippen LogP contribution in [0, 0.1) is 27.7 Å². The molecule has 0 aliphatic rings. The summed E-state index contributed by atoms with van der Waals surface area (Å²) in [7, 11) is 0. The SMILES string of the molecule is CCC(C(=O)Nc1cc(C)ccc1C)n1nc(C)c(Cl)c1C. The molecule has 0 radical (unpaired) electrons. The van der Waals surface area contributed by atoms with Crippen LogP contribution < -0.4 is 5.32 Å². The second-order valence-corrected chi connectivity index (χ2v) is 6.04. The molecule has 2 rings (SSSR count). The highest BCUT2D eigenvalue weighted by Crippen LogP contribution is 2.25. The van der Waals surface area contributed by atoms with Crippen molar-refractivity contribution < 1.29 is 4.79 Å². The van der Waals surface area contributed by atoms with Gasteiger partial charge < -0.3 is 5.32 Å². The topological polar surface area (TPSA) is 46.9 Å². The first-order valence-corrected chi connectivity index (χ1v) is 7.82. The van der Waals surface area contributed by atoms with Crippen molar-refractivity contribution in [1.29, 1.82) is 0 Å².